The Morgan fingerprint density at radius 2 is 1.93 bits per heavy atom. The van der Waals surface area contributed by atoms with Gasteiger partial charge < -0.3 is 20.9 Å². The standard InChI is InChI=1S/C19H22FN5O2/c1-13(26)22-17-12-15(5-6-16(17)20)24-19(27)23-14-7-10-25(11-8-14)18-4-2-3-9-21-18/h2-6,9,12,14H,7-8,10-11H2,1H3,(H,22,26)(H2,23,24,27). The number of aromatic nitrogens is 1. The van der Waals surface area contributed by atoms with Crippen LogP contribution in [0, 0.1) is 5.82 Å². The zero-order chi connectivity index (χ0) is 19.2. The van der Waals surface area contributed by atoms with Crippen LogP contribution in [0.4, 0.5) is 26.4 Å². The molecule has 27 heavy (non-hydrogen) atoms. The van der Waals surface area contributed by atoms with Crippen LogP contribution < -0.4 is 20.9 Å². The zero-order valence-corrected chi connectivity index (χ0v) is 15.0. The van der Waals surface area contributed by atoms with Crippen LogP contribution >= 0.6 is 0 Å². The van der Waals surface area contributed by atoms with Crippen molar-refractivity contribution in [3.63, 3.8) is 0 Å². The summed E-state index contributed by atoms with van der Waals surface area (Å²) in [5.41, 5.74) is 0.438. The molecule has 2 heterocycles. The average Bonchev–Trinajstić information content (AvgIpc) is 2.65. The van der Waals surface area contributed by atoms with Crippen LogP contribution in [0.2, 0.25) is 0 Å². The summed E-state index contributed by atoms with van der Waals surface area (Å²) >= 11 is 0. The molecule has 0 radical (unpaired) electrons. The van der Waals surface area contributed by atoms with Crippen LogP contribution in [-0.2, 0) is 4.79 Å². The quantitative estimate of drug-likeness (QED) is 0.771. The molecular weight excluding hydrogens is 349 g/mol. The molecule has 0 unspecified atom stereocenters. The molecule has 142 valence electrons. The van der Waals surface area contributed by atoms with Gasteiger partial charge in [-0.05, 0) is 43.2 Å². The molecule has 0 saturated carbocycles. The third-order valence-electron chi connectivity index (χ3n) is 4.34. The first kappa shape index (κ1) is 18.6. The van der Waals surface area contributed by atoms with E-state index in [0.717, 1.165) is 31.7 Å². The van der Waals surface area contributed by atoms with Crippen LogP contribution in [0.1, 0.15) is 19.8 Å². The molecule has 1 fully saturated rings. The third-order valence-corrected chi connectivity index (χ3v) is 4.34. The molecule has 0 atom stereocenters. The lowest BCUT2D eigenvalue weighted by molar-refractivity contribution is -0.114. The molecule has 7 nitrogen and oxygen atoms in total. The lowest BCUT2D eigenvalue weighted by Crippen LogP contribution is -2.46. The average molecular weight is 371 g/mol. The van der Waals surface area contributed by atoms with E-state index in [0.29, 0.717) is 5.69 Å². The number of nitrogens with zero attached hydrogens (tertiary/aromatic N) is 2. The number of hydrogen-bond donors (Lipinski definition) is 3. The first-order valence-corrected chi connectivity index (χ1v) is 8.82. The van der Waals surface area contributed by atoms with Gasteiger partial charge in [0.25, 0.3) is 0 Å². The molecule has 2 aromatic rings. The SMILES string of the molecule is CC(=O)Nc1cc(NC(=O)NC2CCN(c3ccccn3)CC2)ccc1F. The van der Waals surface area contributed by atoms with E-state index in [2.05, 4.69) is 25.8 Å². The van der Waals surface area contributed by atoms with E-state index >= 15 is 0 Å². The molecule has 0 bridgehead atoms. The maximum atomic E-state index is 13.7. The number of amides is 3. The fourth-order valence-electron chi connectivity index (χ4n) is 3.03. The maximum Gasteiger partial charge on any atom is 0.319 e. The Kier molecular flexibility index (Phi) is 5.85. The fraction of sp³-hybridized carbons (Fsp3) is 0.316. The Bertz CT molecular complexity index is 807. The largest absolute Gasteiger partial charge is 0.356 e. The second-order valence-electron chi connectivity index (χ2n) is 6.42. The fourth-order valence-corrected chi connectivity index (χ4v) is 3.03. The van der Waals surface area contributed by atoms with Gasteiger partial charge in [-0.3, -0.25) is 4.79 Å². The van der Waals surface area contributed by atoms with E-state index in [9.17, 15) is 14.0 Å². The summed E-state index contributed by atoms with van der Waals surface area (Å²) in [6, 6.07) is 9.55. The van der Waals surface area contributed by atoms with Crippen molar-refractivity contribution in [3.8, 4) is 0 Å². The number of urea groups is 1. The summed E-state index contributed by atoms with van der Waals surface area (Å²) in [5.74, 6) is 0.00503. The van der Waals surface area contributed by atoms with Gasteiger partial charge in [0.1, 0.15) is 11.6 Å². The molecule has 1 saturated heterocycles. The van der Waals surface area contributed by atoms with Crippen LogP contribution in [-0.4, -0.2) is 36.1 Å². The van der Waals surface area contributed by atoms with Crippen LogP contribution in [0.3, 0.4) is 0 Å². The van der Waals surface area contributed by atoms with Gasteiger partial charge in [-0.25, -0.2) is 14.2 Å². The number of halogens is 1. The summed E-state index contributed by atoms with van der Waals surface area (Å²) < 4.78 is 13.7. The lowest BCUT2D eigenvalue weighted by Gasteiger charge is -2.33. The molecule has 3 amide bonds. The van der Waals surface area contributed by atoms with Crippen molar-refractivity contribution in [2.75, 3.05) is 28.6 Å². The second-order valence-corrected chi connectivity index (χ2v) is 6.42. The summed E-state index contributed by atoms with van der Waals surface area (Å²) in [6.07, 6.45) is 3.39. The third kappa shape index (κ3) is 5.16. The van der Waals surface area contributed by atoms with Gasteiger partial charge in [0.2, 0.25) is 5.91 Å². The van der Waals surface area contributed by atoms with E-state index < -0.39 is 5.82 Å². The Hall–Kier alpha value is -3.16. The van der Waals surface area contributed by atoms with E-state index in [1.54, 1.807) is 6.20 Å². The molecule has 1 aromatic heterocycles. The number of carbonyl (C=O) groups is 2. The van der Waals surface area contributed by atoms with Crippen LogP contribution in [0.5, 0.6) is 0 Å². The summed E-state index contributed by atoms with van der Waals surface area (Å²) in [7, 11) is 0. The van der Waals surface area contributed by atoms with Crippen molar-refractivity contribution >= 4 is 29.1 Å². The van der Waals surface area contributed by atoms with Gasteiger partial charge in [-0.2, -0.15) is 0 Å². The van der Waals surface area contributed by atoms with Crippen molar-refractivity contribution in [3.05, 3.63) is 48.4 Å². The Morgan fingerprint density at radius 3 is 2.59 bits per heavy atom. The Balaban J connectivity index is 1.51. The van der Waals surface area contributed by atoms with Crippen LogP contribution in [0.25, 0.3) is 0 Å². The lowest BCUT2D eigenvalue weighted by atomic mass is 10.1. The van der Waals surface area contributed by atoms with E-state index in [1.165, 1.54) is 25.1 Å². The van der Waals surface area contributed by atoms with Gasteiger partial charge in [0, 0.05) is 37.9 Å². The second kappa shape index (κ2) is 8.48. The predicted molar refractivity (Wildman–Crippen MR) is 102 cm³/mol. The first-order valence-electron chi connectivity index (χ1n) is 8.82. The number of pyridine rings is 1. The highest BCUT2D eigenvalue weighted by atomic mass is 19.1. The van der Waals surface area contributed by atoms with Crippen molar-refractivity contribution < 1.29 is 14.0 Å². The van der Waals surface area contributed by atoms with Gasteiger partial charge >= 0.3 is 6.03 Å². The Morgan fingerprint density at radius 1 is 1.15 bits per heavy atom. The highest BCUT2D eigenvalue weighted by molar-refractivity contribution is 5.92. The predicted octanol–water partition coefficient (Wildman–Crippen LogP) is 2.97. The van der Waals surface area contributed by atoms with E-state index in [1.807, 2.05) is 18.2 Å². The molecule has 1 aliphatic rings. The normalized spacial score (nSPS) is 14.5. The van der Waals surface area contributed by atoms with Crippen molar-refractivity contribution in [1.29, 1.82) is 0 Å². The number of rotatable bonds is 4. The molecule has 8 heteroatoms. The van der Waals surface area contributed by atoms with Crippen molar-refractivity contribution in [1.82, 2.24) is 10.3 Å². The number of benzene rings is 1. The number of nitrogens with one attached hydrogen (secondary N) is 3. The van der Waals surface area contributed by atoms with E-state index in [4.69, 9.17) is 0 Å². The van der Waals surface area contributed by atoms with Crippen molar-refractivity contribution in [2.24, 2.45) is 0 Å². The van der Waals surface area contributed by atoms with Crippen molar-refractivity contribution in [2.45, 2.75) is 25.8 Å². The number of anilines is 3. The smallest absolute Gasteiger partial charge is 0.319 e. The van der Waals surface area contributed by atoms with Crippen LogP contribution in [0.15, 0.2) is 42.6 Å². The first-order chi connectivity index (χ1) is 13.0. The zero-order valence-electron chi connectivity index (χ0n) is 15.0. The molecule has 0 aliphatic carbocycles. The minimum absolute atomic E-state index is 0.0315. The summed E-state index contributed by atoms with van der Waals surface area (Å²) in [4.78, 5) is 29.9. The number of carbonyl (C=O) groups excluding carboxylic acids is 2. The van der Waals surface area contributed by atoms with Gasteiger partial charge in [-0.1, -0.05) is 6.07 Å². The number of hydrogen-bond acceptors (Lipinski definition) is 4. The number of piperidine rings is 1. The topological polar surface area (TPSA) is 86.4 Å². The Labute approximate surface area is 157 Å². The maximum absolute atomic E-state index is 13.7. The van der Waals surface area contributed by atoms with E-state index in [-0.39, 0.29) is 23.7 Å². The minimum atomic E-state index is -0.557. The molecule has 1 aliphatic heterocycles. The highest BCUT2D eigenvalue weighted by Crippen LogP contribution is 2.20. The monoisotopic (exact) mass is 371 g/mol. The summed E-state index contributed by atoms with van der Waals surface area (Å²) in [6.45, 7) is 2.92. The van der Waals surface area contributed by atoms with Gasteiger partial charge in [-0.15, -0.1) is 0 Å². The minimum Gasteiger partial charge on any atom is -0.356 e. The molecule has 1 aromatic carbocycles. The highest BCUT2D eigenvalue weighted by Gasteiger charge is 2.21. The van der Waals surface area contributed by atoms with Gasteiger partial charge in [0.15, 0.2) is 0 Å². The molecule has 0 spiro atoms. The van der Waals surface area contributed by atoms with Gasteiger partial charge in [0.05, 0.1) is 5.69 Å². The molecular formula is C19H22FN5O2. The summed E-state index contributed by atoms with van der Waals surface area (Å²) in [5, 5.41) is 8.01. The molecule has 3 N–H and O–H groups in total. The molecule has 3 rings (SSSR count).